The van der Waals surface area contributed by atoms with Crippen LogP contribution in [0.15, 0.2) is 24.4 Å². The number of nitrogens with zero attached hydrogens (tertiary/aromatic N) is 1. The second kappa shape index (κ2) is 5.57. The van der Waals surface area contributed by atoms with Gasteiger partial charge in [0.2, 0.25) is 5.91 Å². The Bertz CT molecular complexity index is 212. The van der Waals surface area contributed by atoms with Gasteiger partial charge in [-0.05, 0) is 13.8 Å². The molecule has 0 saturated heterocycles. The van der Waals surface area contributed by atoms with E-state index in [-0.39, 0.29) is 11.8 Å². The van der Waals surface area contributed by atoms with Crippen molar-refractivity contribution < 1.29 is 4.79 Å². The first-order chi connectivity index (χ1) is 5.99. The van der Waals surface area contributed by atoms with Crippen LogP contribution in [0.3, 0.4) is 0 Å². The summed E-state index contributed by atoms with van der Waals surface area (Å²) in [5.74, 6) is 0.177. The summed E-state index contributed by atoms with van der Waals surface area (Å²) in [4.78, 5) is 13.3. The fourth-order valence-electron chi connectivity index (χ4n) is 0.989. The Kier molecular flexibility index (Phi) is 5.12. The maximum Gasteiger partial charge on any atom is 0.229 e. The third-order valence-corrected chi connectivity index (χ3v) is 1.52. The van der Waals surface area contributed by atoms with Crippen molar-refractivity contribution in [3.63, 3.8) is 0 Å². The van der Waals surface area contributed by atoms with Gasteiger partial charge in [0.1, 0.15) is 0 Å². The molecule has 2 nitrogen and oxygen atoms in total. The Labute approximate surface area is 80.9 Å². The average Bonchev–Trinajstić information content (AvgIpc) is 2.01. The second-order valence-electron chi connectivity index (χ2n) is 3.64. The molecule has 0 aliphatic heterocycles. The van der Waals surface area contributed by atoms with Crippen molar-refractivity contribution in [3.8, 4) is 0 Å². The van der Waals surface area contributed by atoms with Gasteiger partial charge >= 0.3 is 0 Å². The van der Waals surface area contributed by atoms with Crippen LogP contribution in [0, 0.1) is 5.92 Å². The van der Waals surface area contributed by atoms with Crippen LogP contribution in [-0.4, -0.2) is 17.4 Å². The van der Waals surface area contributed by atoms with Gasteiger partial charge in [0.25, 0.3) is 0 Å². The smallest absolute Gasteiger partial charge is 0.229 e. The molecule has 0 N–H and O–H groups in total. The summed E-state index contributed by atoms with van der Waals surface area (Å²) >= 11 is 0. The van der Waals surface area contributed by atoms with Crippen LogP contribution in [0.25, 0.3) is 0 Å². The summed E-state index contributed by atoms with van der Waals surface area (Å²) in [5.41, 5.74) is 1.12. The zero-order valence-electron chi connectivity index (χ0n) is 9.00. The van der Waals surface area contributed by atoms with Crippen molar-refractivity contribution >= 4 is 5.91 Å². The molecular weight excluding hydrogens is 162 g/mol. The molecular formula is C11H19NO. The largest absolute Gasteiger partial charge is 0.315 e. The number of hydrogen-bond donors (Lipinski definition) is 0. The number of hydrogen-bond acceptors (Lipinski definition) is 1. The molecule has 2 heteroatoms. The fraction of sp³-hybridized carbons (Fsp3) is 0.545. The molecule has 74 valence electrons. The molecule has 0 heterocycles. The maximum absolute atomic E-state index is 11.6. The number of carbonyl (C=O) groups is 1. The van der Waals surface area contributed by atoms with E-state index in [1.165, 1.54) is 0 Å². The highest BCUT2D eigenvalue weighted by Crippen LogP contribution is 2.04. The van der Waals surface area contributed by atoms with Crippen LogP contribution in [0.5, 0.6) is 0 Å². The minimum atomic E-state index is 0.0375. The second-order valence-corrected chi connectivity index (χ2v) is 3.64. The van der Waals surface area contributed by atoms with E-state index in [1.807, 2.05) is 33.9 Å². The Morgan fingerprint density at radius 3 is 2.31 bits per heavy atom. The first kappa shape index (κ1) is 11.9. The summed E-state index contributed by atoms with van der Waals surface area (Å²) in [6, 6.07) is 0. The van der Waals surface area contributed by atoms with Gasteiger partial charge in [-0.3, -0.25) is 4.79 Å². The van der Waals surface area contributed by atoms with Crippen LogP contribution in [0.1, 0.15) is 27.7 Å². The van der Waals surface area contributed by atoms with E-state index in [2.05, 4.69) is 6.58 Å². The topological polar surface area (TPSA) is 20.3 Å². The highest BCUT2D eigenvalue weighted by atomic mass is 16.2. The maximum atomic E-state index is 11.6. The van der Waals surface area contributed by atoms with E-state index >= 15 is 0 Å². The van der Waals surface area contributed by atoms with E-state index < -0.39 is 0 Å². The normalized spacial score (nSPS) is 9.62. The minimum absolute atomic E-state index is 0.0375. The Hall–Kier alpha value is -1.05. The van der Waals surface area contributed by atoms with Gasteiger partial charge < -0.3 is 4.90 Å². The van der Waals surface area contributed by atoms with Crippen molar-refractivity contribution in [1.82, 2.24) is 4.90 Å². The van der Waals surface area contributed by atoms with Crippen LogP contribution in [0.4, 0.5) is 0 Å². The first-order valence-electron chi connectivity index (χ1n) is 4.55. The van der Waals surface area contributed by atoms with Crippen molar-refractivity contribution in [2.24, 2.45) is 5.92 Å². The molecule has 0 aliphatic carbocycles. The summed E-state index contributed by atoms with van der Waals surface area (Å²) < 4.78 is 0. The lowest BCUT2D eigenvalue weighted by atomic mass is 10.2. The van der Waals surface area contributed by atoms with Gasteiger partial charge in [-0.25, -0.2) is 0 Å². The van der Waals surface area contributed by atoms with Crippen molar-refractivity contribution in [2.75, 3.05) is 6.54 Å². The first-order valence-corrected chi connectivity index (χ1v) is 4.55. The average molecular weight is 181 g/mol. The van der Waals surface area contributed by atoms with Crippen LogP contribution >= 0.6 is 0 Å². The molecule has 0 radical (unpaired) electrons. The summed E-state index contributed by atoms with van der Waals surface area (Å²) in [5, 5.41) is 0. The molecule has 0 fully saturated rings. The molecule has 0 rings (SSSR count). The molecule has 0 spiro atoms. The van der Waals surface area contributed by atoms with Crippen molar-refractivity contribution in [3.05, 3.63) is 24.4 Å². The summed E-state index contributed by atoms with van der Waals surface area (Å²) in [7, 11) is 0. The van der Waals surface area contributed by atoms with Gasteiger partial charge in [0.15, 0.2) is 0 Å². The molecule has 0 aliphatic rings. The predicted molar refractivity (Wildman–Crippen MR) is 56.2 cm³/mol. The molecule has 1 amide bonds. The van der Waals surface area contributed by atoms with Gasteiger partial charge in [0, 0.05) is 18.7 Å². The lowest BCUT2D eigenvalue weighted by Crippen LogP contribution is -2.29. The third kappa shape index (κ3) is 4.51. The summed E-state index contributed by atoms with van der Waals surface area (Å²) in [6.45, 7) is 12.0. The quantitative estimate of drug-likeness (QED) is 0.610. The number of carbonyl (C=O) groups excluding carboxylic acids is 1. The van der Waals surface area contributed by atoms with E-state index in [1.54, 1.807) is 11.0 Å². The predicted octanol–water partition coefficient (Wildman–Crippen LogP) is 2.58. The molecule has 13 heavy (non-hydrogen) atoms. The van der Waals surface area contributed by atoms with E-state index in [0.29, 0.717) is 6.54 Å². The third-order valence-electron chi connectivity index (χ3n) is 1.52. The standard InChI is InChI=1S/C11H19NO/c1-6-7-12(8-9(2)3)11(13)10(4)5/h6,8,10H,1,7H2,2-5H3. The molecule has 0 bridgehead atoms. The van der Waals surface area contributed by atoms with E-state index in [0.717, 1.165) is 5.57 Å². The molecule has 0 aromatic rings. The molecule has 0 atom stereocenters. The highest BCUT2D eigenvalue weighted by molar-refractivity contribution is 5.79. The monoisotopic (exact) mass is 181 g/mol. The van der Waals surface area contributed by atoms with E-state index in [4.69, 9.17) is 0 Å². The van der Waals surface area contributed by atoms with Gasteiger partial charge in [-0.15, -0.1) is 6.58 Å². The molecule has 0 unspecified atom stereocenters. The molecule has 0 saturated carbocycles. The Morgan fingerprint density at radius 2 is 2.00 bits per heavy atom. The Morgan fingerprint density at radius 1 is 1.46 bits per heavy atom. The lowest BCUT2D eigenvalue weighted by molar-refractivity contribution is -0.131. The fourth-order valence-corrected chi connectivity index (χ4v) is 0.989. The SMILES string of the molecule is C=CCN(C=C(C)C)C(=O)C(C)C. The lowest BCUT2D eigenvalue weighted by Gasteiger charge is -2.19. The van der Waals surface area contributed by atoms with E-state index in [9.17, 15) is 4.79 Å². The van der Waals surface area contributed by atoms with Crippen LogP contribution < -0.4 is 0 Å². The van der Waals surface area contributed by atoms with Crippen LogP contribution in [-0.2, 0) is 4.79 Å². The number of amides is 1. The van der Waals surface area contributed by atoms with Gasteiger partial charge in [-0.1, -0.05) is 25.5 Å². The molecule has 0 aromatic carbocycles. The number of allylic oxidation sites excluding steroid dienone is 1. The van der Waals surface area contributed by atoms with Crippen LogP contribution in [0.2, 0.25) is 0 Å². The minimum Gasteiger partial charge on any atom is -0.315 e. The zero-order chi connectivity index (χ0) is 10.4. The Balaban J connectivity index is 4.50. The van der Waals surface area contributed by atoms with Gasteiger partial charge in [-0.2, -0.15) is 0 Å². The van der Waals surface area contributed by atoms with Crippen molar-refractivity contribution in [2.45, 2.75) is 27.7 Å². The number of rotatable bonds is 4. The van der Waals surface area contributed by atoms with Crippen molar-refractivity contribution in [1.29, 1.82) is 0 Å². The highest BCUT2D eigenvalue weighted by Gasteiger charge is 2.13. The van der Waals surface area contributed by atoms with Gasteiger partial charge in [0.05, 0.1) is 0 Å². The molecule has 0 aromatic heterocycles. The summed E-state index contributed by atoms with van der Waals surface area (Å²) in [6.07, 6.45) is 3.60. The zero-order valence-corrected chi connectivity index (χ0v) is 9.00.